The normalized spacial score (nSPS) is 20.2. The SMILES string of the molecule is CC(C)(C)c1cc(C(=O)NCC(F)F)c2c(n1)N1CCNC[C@H]1CC2. The average molecular weight is 352 g/mol. The van der Waals surface area contributed by atoms with E-state index in [0.717, 1.165) is 49.6 Å². The van der Waals surface area contributed by atoms with Crippen molar-refractivity contribution in [2.24, 2.45) is 0 Å². The third-order valence-corrected chi connectivity index (χ3v) is 4.88. The van der Waals surface area contributed by atoms with Crippen molar-refractivity contribution < 1.29 is 13.6 Å². The molecule has 5 nitrogen and oxygen atoms in total. The van der Waals surface area contributed by atoms with Crippen molar-refractivity contribution in [3.63, 3.8) is 0 Å². The van der Waals surface area contributed by atoms with Gasteiger partial charge in [0.25, 0.3) is 12.3 Å². The van der Waals surface area contributed by atoms with Crippen LogP contribution < -0.4 is 15.5 Å². The van der Waals surface area contributed by atoms with Gasteiger partial charge in [0.15, 0.2) is 0 Å². The molecular formula is C18H26F2N4O. The van der Waals surface area contributed by atoms with Gasteiger partial charge in [-0.1, -0.05) is 20.8 Å². The van der Waals surface area contributed by atoms with Crippen molar-refractivity contribution >= 4 is 11.7 Å². The average Bonchev–Trinajstić information content (AvgIpc) is 2.57. The molecule has 0 radical (unpaired) electrons. The minimum absolute atomic E-state index is 0.228. The lowest BCUT2D eigenvalue weighted by atomic mass is 9.87. The summed E-state index contributed by atoms with van der Waals surface area (Å²) in [6.45, 7) is 8.13. The summed E-state index contributed by atoms with van der Waals surface area (Å²) in [5.74, 6) is 0.422. The number of piperazine rings is 1. The van der Waals surface area contributed by atoms with E-state index >= 15 is 0 Å². The molecule has 1 aromatic rings. The zero-order valence-electron chi connectivity index (χ0n) is 15.0. The first-order valence-electron chi connectivity index (χ1n) is 8.85. The standard InChI is InChI=1S/C18H26F2N4O/c1-18(2,3)14-8-13(17(25)22-10-15(19)20)12-5-4-11-9-21-6-7-24(11)16(12)23-14/h8,11,15,21H,4-7,9-10H2,1-3H3,(H,22,25)/t11-/m1/s1. The van der Waals surface area contributed by atoms with Gasteiger partial charge in [0.05, 0.1) is 6.54 Å². The summed E-state index contributed by atoms with van der Waals surface area (Å²) in [6, 6.07) is 2.16. The van der Waals surface area contributed by atoms with Crippen molar-refractivity contribution in [2.45, 2.75) is 51.5 Å². The first-order chi connectivity index (χ1) is 11.8. The van der Waals surface area contributed by atoms with E-state index < -0.39 is 18.9 Å². The van der Waals surface area contributed by atoms with E-state index in [0.29, 0.717) is 11.6 Å². The molecule has 138 valence electrons. The van der Waals surface area contributed by atoms with Gasteiger partial charge in [0.1, 0.15) is 5.82 Å². The lowest BCUT2D eigenvalue weighted by molar-refractivity contribution is 0.0890. The Morgan fingerprint density at radius 2 is 2.24 bits per heavy atom. The summed E-state index contributed by atoms with van der Waals surface area (Å²) in [4.78, 5) is 19.7. The summed E-state index contributed by atoms with van der Waals surface area (Å²) >= 11 is 0. The molecule has 1 amide bonds. The van der Waals surface area contributed by atoms with E-state index in [1.54, 1.807) is 6.07 Å². The van der Waals surface area contributed by atoms with Crippen LogP contribution in [0.4, 0.5) is 14.6 Å². The fourth-order valence-electron chi connectivity index (χ4n) is 3.50. The Morgan fingerprint density at radius 1 is 1.48 bits per heavy atom. The Morgan fingerprint density at radius 3 is 2.92 bits per heavy atom. The van der Waals surface area contributed by atoms with Crippen LogP contribution in [0.25, 0.3) is 0 Å². The second-order valence-corrected chi connectivity index (χ2v) is 7.80. The van der Waals surface area contributed by atoms with Gasteiger partial charge in [-0.3, -0.25) is 4.79 Å². The number of pyridine rings is 1. The topological polar surface area (TPSA) is 57.3 Å². The van der Waals surface area contributed by atoms with Crippen LogP contribution in [-0.2, 0) is 11.8 Å². The Hall–Kier alpha value is -1.76. The second kappa shape index (κ2) is 6.86. The number of alkyl halides is 2. The number of rotatable bonds is 3. The van der Waals surface area contributed by atoms with Crippen LogP contribution in [0, 0.1) is 0 Å². The van der Waals surface area contributed by atoms with Crippen molar-refractivity contribution in [2.75, 3.05) is 31.1 Å². The first kappa shape index (κ1) is 18.0. The molecule has 2 N–H and O–H groups in total. The van der Waals surface area contributed by atoms with Crippen LogP contribution in [-0.4, -0.2) is 49.5 Å². The van der Waals surface area contributed by atoms with Crippen LogP contribution >= 0.6 is 0 Å². The molecule has 3 heterocycles. The smallest absolute Gasteiger partial charge is 0.255 e. The van der Waals surface area contributed by atoms with Crippen LogP contribution in [0.1, 0.15) is 48.8 Å². The van der Waals surface area contributed by atoms with Gasteiger partial charge in [-0.15, -0.1) is 0 Å². The third kappa shape index (κ3) is 3.76. The minimum atomic E-state index is -2.55. The highest BCUT2D eigenvalue weighted by molar-refractivity contribution is 5.97. The number of amides is 1. The Balaban J connectivity index is 2.03. The van der Waals surface area contributed by atoms with Gasteiger partial charge in [0, 0.05) is 47.9 Å². The number of carbonyl (C=O) groups excluding carboxylic acids is 1. The van der Waals surface area contributed by atoms with E-state index in [4.69, 9.17) is 4.98 Å². The fraction of sp³-hybridized carbons (Fsp3) is 0.667. The summed E-state index contributed by atoms with van der Waals surface area (Å²) in [5, 5.41) is 5.75. The van der Waals surface area contributed by atoms with Crippen molar-refractivity contribution in [1.82, 2.24) is 15.6 Å². The fourth-order valence-corrected chi connectivity index (χ4v) is 3.50. The van der Waals surface area contributed by atoms with Crippen LogP contribution in [0.2, 0.25) is 0 Å². The number of anilines is 1. The zero-order chi connectivity index (χ0) is 18.2. The van der Waals surface area contributed by atoms with E-state index in [-0.39, 0.29) is 5.41 Å². The number of hydrogen-bond acceptors (Lipinski definition) is 4. The summed E-state index contributed by atoms with van der Waals surface area (Å²) in [7, 11) is 0. The van der Waals surface area contributed by atoms with Gasteiger partial charge in [0.2, 0.25) is 0 Å². The lowest BCUT2D eigenvalue weighted by Crippen LogP contribution is -2.54. The lowest BCUT2D eigenvalue weighted by Gasteiger charge is -2.42. The highest BCUT2D eigenvalue weighted by Crippen LogP contribution is 2.35. The van der Waals surface area contributed by atoms with Gasteiger partial charge in [-0.05, 0) is 18.9 Å². The summed E-state index contributed by atoms with van der Waals surface area (Å²) in [5.41, 5.74) is 1.96. The van der Waals surface area contributed by atoms with E-state index in [1.165, 1.54) is 0 Å². The molecule has 2 aliphatic rings. The number of fused-ring (bicyclic) bond motifs is 3. The van der Waals surface area contributed by atoms with E-state index in [9.17, 15) is 13.6 Å². The van der Waals surface area contributed by atoms with Gasteiger partial charge in [-0.2, -0.15) is 0 Å². The molecular weight excluding hydrogens is 326 g/mol. The molecule has 25 heavy (non-hydrogen) atoms. The molecule has 0 aromatic carbocycles. The molecule has 0 unspecified atom stereocenters. The van der Waals surface area contributed by atoms with E-state index in [1.807, 2.05) is 20.8 Å². The molecule has 2 aliphatic heterocycles. The molecule has 3 rings (SSSR count). The Labute approximate surface area is 147 Å². The summed E-state index contributed by atoms with van der Waals surface area (Å²) in [6.07, 6.45) is -0.875. The molecule has 0 aliphatic carbocycles. The third-order valence-electron chi connectivity index (χ3n) is 4.88. The predicted octanol–water partition coefficient (Wildman–Crippen LogP) is 2.10. The number of carbonyl (C=O) groups is 1. The number of aromatic nitrogens is 1. The van der Waals surface area contributed by atoms with Crippen LogP contribution in [0.5, 0.6) is 0 Å². The molecule has 7 heteroatoms. The maximum atomic E-state index is 12.6. The molecule has 1 fully saturated rings. The zero-order valence-corrected chi connectivity index (χ0v) is 15.0. The van der Waals surface area contributed by atoms with Gasteiger partial charge < -0.3 is 15.5 Å². The van der Waals surface area contributed by atoms with Crippen molar-refractivity contribution in [3.05, 3.63) is 22.9 Å². The number of halogens is 2. The van der Waals surface area contributed by atoms with Crippen molar-refractivity contribution in [3.8, 4) is 0 Å². The maximum absolute atomic E-state index is 12.6. The number of hydrogen-bond donors (Lipinski definition) is 2. The number of nitrogens with one attached hydrogen (secondary N) is 2. The van der Waals surface area contributed by atoms with E-state index in [2.05, 4.69) is 15.5 Å². The highest BCUT2D eigenvalue weighted by atomic mass is 19.3. The predicted molar refractivity (Wildman–Crippen MR) is 93.6 cm³/mol. The molecule has 0 spiro atoms. The van der Waals surface area contributed by atoms with Crippen molar-refractivity contribution in [1.29, 1.82) is 0 Å². The molecule has 1 aromatic heterocycles. The first-order valence-corrected chi connectivity index (χ1v) is 8.85. The molecule has 1 atom stereocenters. The molecule has 1 saturated heterocycles. The molecule has 0 bridgehead atoms. The largest absolute Gasteiger partial charge is 0.351 e. The Kier molecular flexibility index (Phi) is 4.95. The van der Waals surface area contributed by atoms with Crippen LogP contribution in [0.3, 0.4) is 0 Å². The van der Waals surface area contributed by atoms with Gasteiger partial charge in [-0.25, -0.2) is 13.8 Å². The molecule has 0 saturated carbocycles. The summed E-state index contributed by atoms with van der Waals surface area (Å²) < 4.78 is 25.0. The van der Waals surface area contributed by atoms with Gasteiger partial charge >= 0.3 is 0 Å². The quantitative estimate of drug-likeness (QED) is 0.875. The highest BCUT2D eigenvalue weighted by Gasteiger charge is 2.33. The second-order valence-electron chi connectivity index (χ2n) is 7.80. The van der Waals surface area contributed by atoms with Crippen LogP contribution in [0.15, 0.2) is 6.07 Å². The Bertz CT molecular complexity index is 657. The number of nitrogens with zero attached hydrogens (tertiary/aromatic N) is 2. The maximum Gasteiger partial charge on any atom is 0.255 e. The monoisotopic (exact) mass is 352 g/mol. The minimum Gasteiger partial charge on any atom is -0.351 e.